The van der Waals surface area contributed by atoms with Crippen molar-refractivity contribution in [3.8, 4) is 0 Å². The molecule has 2 aromatic carbocycles. The Kier molecular flexibility index (Phi) is 5.09. The molecule has 2 aromatic rings. The van der Waals surface area contributed by atoms with Crippen LogP contribution in [0.15, 0.2) is 48.5 Å². The maximum atomic E-state index is 12.0. The molecule has 0 radical (unpaired) electrons. The van der Waals surface area contributed by atoms with E-state index in [9.17, 15) is 9.59 Å². The van der Waals surface area contributed by atoms with Crippen LogP contribution in [-0.2, 0) is 9.47 Å². The second kappa shape index (κ2) is 7.22. The molecule has 0 aliphatic rings. The fourth-order valence-electron chi connectivity index (χ4n) is 2.07. The molecular formula is C18H16O4. The van der Waals surface area contributed by atoms with Crippen LogP contribution in [0, 0.1) is 0 Å². The smallest absolute Gasteiger partial charge is 0.339 e. The summed E-state index contributed by atoms with van der Waals surface area (Å²) in [5, 5.41) is 0. The average molecular weight is 296 g/mol. The van der Waals surface area contributed by atoms with Crippen molar-refractivity contribution < 1.29 is 19.1 Å². The van der Waals surface area contributed by atoms with Gasteiger partial charge in [0.2, 0.25) is 0 Å². The molecule has 0 unspecified atom stereocenters. The lowest BCUT2D eigenvalue weighted by Crippen LogP contribution is -2.13. The van der Waals surface area contributed by atoms with Gasteiger partial charge in [-0.3, -0.25) is 0 Å². The predicted molar refractivity (Wildman–Crippen MR) is 84.5 cm³/mol. The van der Waals surface area contributed by atoms with E-state index in [2.05, 4.69) is 0 Å². The van der Waals surface area contributed by atoms with Crippen molar-refractivity contribution in [3.63, 3.8) is 0 Å². The van der Waals surface area contributed by atoms with Crippen LogP contribution in [0.3, 0.4) is 0 Å². The maximum Gasteiger partial charge on any atom is 0.339 e. The summed E-state index contributed by atoms with van der Waals surface area (Å²) in [4.78, 5) is 23.8. The Bertz CT molecular complexity index is 702. The monoisotopic (exact) mass is 296 g/mol. The molecule has 0 bridgehead atoms. The van der Waals surface area contributed by atoms with Crippen LogP contribution in [0.2, 0.25) is 0 Å². The number of hydrogen-bond donors (Lipinski definition) is 0. The van der Waals surface area contributed by atoms with E-state index in [0.29, 0.717) is 5.56 Å². The lowest BCUT2D eigenvalue weighted by atomic mass is 10.00. The van der Waals surface area contributed by atoms with Crippen LogP contribution in [0.25, 0.3) is 12.2 Å². The quantitative estimate of drug-likeness (QED) is 0.640. The zero-order valence-corrected chi connectivity index (χ0v) is 12.4. The number of esters is 2. The van der Waals surface area contributed by atoms with Gasteiger partial charge in [-0.1, -0.05) is 54.6 Å². The van der Waals surface area contributed by atoms with Crippen molar-refractivity contribution >= 4 is 24.1 Å². The molecule has 2 rings (SSSR count). The first kappa shape index (κ1) is 15.5. The van der Waals surface area contributed by atoms with Gasteiger partial charge in [0, 0.05) is 0 Å². The van der Waals surface area contributed by atoms with Crippen LogP contribution >= 0.6 is 0 Å². The number of carbonyl (C=O) groups excluding carboxylic acids is 2. The van der Waals surface area contributed by atoms with Gasteiger partial charge in [0.1, 0.15) is 0 Å². The minimum atomic E-state index is -0.575. The highest BCUT2D eigenvalue weighted by Gasteiger charge is 2.20. The van der Waals surface area contributed by atoms with E-state index in [0.717, 1.165) is 5.56 Å². The van der Waals surface area contributed by atoms with Crippen molar-refractivity contribution in [2.75, 3.05) is 14.2 Å². The molecule has 0 fully saturated rings. The summed E-state index contributed by atoms with van der Waals surface area (Å²) in [7, 11) is 2.55. The molecule has 0 aromatic heterocycles. The van der Waals surface area contributed by atoms with Gasteiger partial charge in [-0.2, -0.15) is 0 Å². The van der Waals surface area contributed by atoms with Gasteiger partial charge in [0.05, 0.1) is 25.3 Å². The predicted octanol–water partition coefficient (Wildman–Crippen LogP) is 3.43. The minimum absolute atomic E-state index is 0.185. The van der Waals surface area contributed by atoms with Crippen molar-refractivity contribution in [2.24, 2.45) is 0 Å². The molecule has 4 nitrogen and oxygen atoms in total. The SMILES string of the molecule is COC(=O)c1cccc(/C=C/c2ccccc2)c1C(=O)OC. The van der Waals surface area contributed by atoms with Crippen LogP contribution in [-0.4, -0.2) is 26.2 Å². The number of benzene rings is 2. The second-order valence-corrected chi connectivity index (χ2v) is 4.50. The molecule has 0 aliphatic heterocycles. The highest BCUT2D eigenvalue weighted by Crippen LogP contribution is 2.20. The first-order valence-electron chi connectivity index (χ1n) is 6.70. The number of rotatable bonds is 4. The summed E-state index contributed by atoms with van der Waals surface area (Å²) in [5.41, 5.74) is 1.97. The largest absolute Gasteiger partial charge is 0.465 e. The Balaban J connectivity index is 2.49. The van der Waals surface area contributed by atoms with Gasteiger partial charge in [-0.15, -0.1) is 0 Å². The third kappa shape index (κ3) is 3.41. The van der Waals surface area contributed by atoms with Crippen molar-refractivity contribution in [2.45, 2.75) is 0 Å². The second-order valence-electron chi connectivity index (χ2n) is 4.50. The van der Waals surface area contributed by atoms with Gasteiger partial charge in [-0.05, 0) is 17.2 Å². The molecule has 0 amide bonds. The van der Waals surface area contributed by atoms with Crippen LogP contribution in [0.4, 0.5) is 0 Å². The molecule has 0 N–H and O–H groups in total. The molecule has 0 aliphatic carbocycles. The topological polar surface area (TPSA) is 52.6 Å². The van der Waals surface area contributed by atoms with Gasteiger partial charge in [0.15, 0.2) is 0 Å². The van der Waals surface area contributed by atoms with Crippen LogP contribution in [0.1, 0.15) is 31.8 Å². The van der Waals surface area contributed by atoms with E-state index in [1.54, 1.807) is 18.2 Å². The van der Waals surface area contributed by atoms with Gasteiger partial charge < -0.3 is 9.47 Å². The molecule has 112 valence electrons. The fraction of sp³-hybridized carbons (Fsp3) is 0.111. The molecule has 22 heavy (non-hydrogen) atoms. The Morgan fingerprint density at radius 3 is 2.14 bits per heavy atom. The van der Waals surface area contributed by atoms with E-state index in [-0.39, 0.29) is 11.1 Å². The Labute approximate surface area is 129 Å². The summed E-state index contributed by atoms with van der Waals surface area (Å²) >= 11 is 0. The van der Waals surface area contributed by atoms with E-state index < -0.39 is 11.9 Å². The maximum absolute atomic E-state index is 12.0. The van der Waals surface area contributed by atoms with Gasteiger partial charge in [-0.25, -0.2) is 9.59 Å². The summed E-state index contributed by atoms with van der Waals surface area (Å²) in [6.45, 7) is 0. The lowest BCUT2D eigenvalue weighted by molar-refractivity contribution is 0.0555. The molecule has 4 heteroatoms. The molecule has 0 saturated carbocycles. The number of hydrogen-bond acceptors (Lipinski definition) is 4. The third-order valence-electron chi connectivity index (χ3n) is 3.15. The standard InChI is InChI=1S/C18H16O4/c1-21-17(19)15-10-6-9-14(16(15)18(20)22-2)12-11-13-7-4-3-5-8-13/h3-12H,1-2H3/b12-11+. The van der Waals surface area contributed by atoms with E-state index in [4.69, 9.17) is 9.47 Å². The molecule has 0 spiro atoms. The van der Waals surface area contributed by atoms with Crippen molar-refractivity contribution in [3.05, 3.63) is 70.8 Å². The van der Waals surface area contributed by atoms with E-state index in [1.165, 1.54) is 20.3 Å². The molecular weight excluding hydrogens is 280 g/mol. The van der Waals surface area contributed by atoms with Crippen LogP contribution in [0.5, 0.6) is 0 Å². The highest BCUT2D eigenvalue weighted by molar-refractivity contribution is 6.06. The lowest BCUT2D eigenvalue weighted by Gasteiger charge is -2.09. The first-order chi connectivity index (χ1) is 10.7. The zero-order chi connectivity index (χ0) is 15.9. The summed E-state index contributed by atoms with van der Waals surface area (Å²) < 4.78 is 9.50. The van der Waals surface area contributed by atoms with E-state index >= 15 is 0 Å². The van der Waals surface area contributed by atoms with E-state index in [1.807, 2.05) is 36.4 Å². The summed E-state index contributed by atoms with van der Waals surface area (Å²) in [5.74, 6) is -1.15. The highest BCUT2D eigenvalue weighted by atomic mass is 16.5. The first-order valence-corrected chi connectivity index (χ1v) is 6.70. The zero-order valence-electron chi connectivity index (χ0n) is 12.4. The summed E-state index contributed by atoms with van der Waals surface area (Å²) in [6.07, 6.45) is 3.64. The fourth-order valence-corrected chi connectivity index (χ4v) is 2.07. The number of carbonyl (C=O) groups is 2. The molecule has 0 atom stereocenters. The molecule has 0 saturated heterocycles. The Hall–Kier alpha value is -2.88. The number of ether oxygens (including phenoxy) is 2. The summed E-state index contributed by atoms with van der Waals surface area (Å²) in [6, 6.07) is 14.6. The van der Waals surface area contributed by atoms with Gasteiger partial charge in [0.25, 0.3) is 0 Å². The average Bonchev–Trinajstić information content (AvgIpc) is 2.59. The van der Waals surface area contributed by atoms with Gasteiger partial charge >= 0.3 is 11.9 Å². The van der Waals surface area contributed by atoms with Crippen molar-refractivity contribution in [1.29, 1.82) is 0 Å². The molecule has 0 heterocycles. The Morgan fingerprint density at radius 2 is 1.50 bits per heavy atom. The number of methoxy groups -OCH3 is 2. The minimum Gasteiger partial charge on any atom is -0.465 e. The normalized spacial score (nSPS) is 10.5. The van der Waals surface area contributed by atoms with Crippen molar-refractivity contribution in [1.82, 2.24) is 0 Å². The van der Waals surface area contributed by atoms with Crippen LogP contribution < -0.4 is 0 Å². The Morgan fingerprint density at radius 1 is 0.818 bits per heavy atom. The third-order valence-corrected chi connectivity index (χ3v) is 3.15.